The average molecular weight is 279 g/mol. The maximum atomic E-state index is 12.3. The van der Waals surface area contributed by atoms with Crippen LogP contribution < -0.4 is 0 Å². The molecule has 1 amide bonds. The van der Waals surface area contributed by atoms with Crippen LogP contribution in [0.4, 0.5) is 0 Å². The highest BCUT2D eigenvalue weighted by atomic mass is 32.2. The molecular formula is C15H21NO2S. The topological polar surface area (TPSA) is 40.5 Å². The standard InChI is InChI=1S/C15H21NO2S/c1-11(2)19-14-5-3-12(4-6-14)15(18)16-9-7-13(17)8-10-16/h3-6,11,13,17H,7-10H2,1-2H3. The van der Waals surface area contributed by atoms with E-state index in [1.165, 1.54) is 4.90 Å². The largest absolute Gasteiger partial charge is 0.393 e. The second-order valence-electron chi connectivity index (χ2n) is 5.21. The van der Waals surface area contributed by atoms with Gasteiger partial charge in [-0.1, -0.05) is 13.8 Å². The van der Waals surface area contributed by atoms with Crippen molar-refractivity contribution in [2.45, 2.75) is 42.9 Å². The van der Waals surface area contributed by atoms with Crippen molar-refractivity contribution >= 4 is 17.7 Å². The van der Waals surface area contributed by atoms with Crippen LogP contribution in [0.2, 0.25) is 0 Å². The Bertz CT molecular complexity index is 422. The van der Waals surface area contributed by atoms with E-state index in [2.05, 4.69) is 13.8 Å². The van der Waals surface area contributed by atoms with E-state index < -0.39 is 0 Å². The predicted octanol–water partition coefficient (Wildman–Crippen LogP) is 2.78. The number of aliphatic hydroxyl groups excluding tert-OH is 1. The molecule has 1 heterocycles. The molecule has 1 aliphatic rings. The molecule has 0 aliphatic carbocycles. The molecule has 0 unspecified atom stereocenters. The summed E-state index contributed by atoms with van der Waals surface area (Å²) < 4.78 is 0. The first-order valence-corrected chi connectivity index (χ1v) is 7.68. The number of nitrogens with zero attached hydrogens (tertiary/aromatic N) is 1. The highest BCUT2D eigenvalue weighted by Crippen LogP contribution is 2.23. The number of amides is 1. The summed E-state index contributed by atoms with van der Waals surface area (Å²) in [6.45, 7) is 5.62. The van der Waals surface area contributed by atoms with E-state index in [-0.39, 0.29) is 12.0 Å². The van der Waals surface area contributed by atoms with Crippen LogP contribution in [-0.2, 0) is 0 Å². The van der Waals surface area contributed by atoms with Crippen LogP contribution >= 0.6 is 11.8 Å². The maximum Gasteiger partial charge on any atom is 0.253 e. The van der Waals surface area contributed by atoms with Gasteiger partial charge < -0.3 is 10.0 Å². The minimum atomic E-state index is -0.242. The Morgan fingerprint density at radius 3 is 2.37 bits per heavy atom. The number of piperidine rings is 1. The van der Waals surface area contributed by atoms with Gasteiger partial charge in [-0.25, -0.2) is 0 Å². The Morgan fingerprint density at radius 2 is 1.84 bits per heavy atom. The minimum Gasteiger partial charge on any atom is -0.393 e. The molecule has 1 aromatic rings. The highest BCUT2D eigenvalue weighted by Gasteiger charge is 2.22. The zero-order valence-electron chi connectivity index (χ0n) is 11.5. The minimum absolute atomic E-state index is 0.0768. The van der Waals surface area contributed by atoms with Gasteiger partial charge in [-0.3, -0.25) is 4.79 Å². The number of rotatable bonds is 3. The molecule has 1 N–H and O–H groups in total. The highest BCUT2D eigenvalue weighted by molar-refractivity contribution is 7.99. The van der Waals surface area contributed by atoms with Crippen molar-refractivity contribution in [3.63, 3.8) is 0 Å². The first-order valence-electron chi connectivity index (χ1n) is 6.80. The summed E-state index contributed by atoms with van der Waals surface area (Å²) in [5.41, 5.74) is 0.740. The number of thioether (sulfide) groups is 1. The quantitative estimate of drug-likeness (QED) is 0.865. The van der Waals surface area contributed by atoms with Gasteiger partial charge in [-0.15, -0.1) is 11.8 Å². The lowest BCUT2D eigenvalue weighted by Crippen LogP contribution is -2.40. The van der Waals surface area contributed by atoms with Gasteiger partial charge in [-0.2, -0.15) is 0 Å². The summed E-state index contributed by atoms with van der Waals surface area (Å²) in [6, 6.07) is 7.82. The van der Waals surface area contributed by atoms with Crippen molar-refractivity contribution in [2.75, 3.05) is 13.1 Å². The van der Waals surface area contributed by atoms with Crippen LogP contribution in [0.15, 0.2) is 29.2 Å². The Balaban J connectivity index is 1.99. The molecule has 0 atom stereocenters. The van der Waals surface area contributed by atoms with Gasteiger partial charge in [0.2, 0.25) is 0 Å². The molecule has 0 radical (unpaired) electrons. The van der Waals surface area contributed by atoms with E-state index in [0.29, 0.717) is 31.2 Å². The molecule has 0 aromatic heterocycles. The van der Waals surface area contributed by atoms with Crippen molar-refractivity contribution < 1.29 is 9.90 Å². The van der Waals surface area contributed by atoms with E-state index in [1.54, 1.807) is 11.8 Å². The molecule has 104 valence electrons. The van der Waals surface area contributed by atoms with Crippen molar-refractivity contribution in [1.82, 2.24) is 4.90 Å². The number of benzene rings is 1. The van der Waals surface area contributed by atoms with Gasteiger partial charge in [0.1, 0.15) is 0 Å². The Kier molecular flexibility index (Phi) is 4.88. The second kappa shape index (κ2) is 6.44. The van der Waals surface area contributed by atoms with E-state index >= 15 is 0 Å². The second-order valence-corrected chi connectivity index (χ2v) is 6.86. The van der Waals surface area contributed by atoms with Gasteiger partial charge in [0, 0.05) is 28.8 Å². The molecule has 2 rings (SSSR count). The normalized spacial score (nSPS) is 16.9. The van der Waals surface area contributed by atoms with Crippen molar-refractivity contribution in [3.05, 3.63) is 29.8 Å². The molecule has 0 spiro atoms. The maximum absolute atomic E-state index is 12.3. The molecule has 1 aliphatic heterocycles. The predicted molar refractivity (Wildman–Crippen MR) is 78.6 cm³/mol. The lowest BCUT2D eigenvalue weighted by atomic mass is 10.1. The Morgan fingerprint density at radius 1 is 1.26 bits per heavy atom. The van der Waals surface area contributed by atoms with Crippen molar-refractivity contribution in [3.8, 4) is 0 Å². The van der Waals surface area contributed by atoms with Gasteiger partial charge >= 0.3 is 0 Å². The summed E-state index contributed by atoms with van der Waals surface area (Å²) >= 11 is 1.80. The fourth-order valence-electron chi connectivity index (χ4n) is 2.20. The molecule has 4 heteroatoms. The van der Waals surface area contributed by atoms with Gasteiger partial charge in [-0.05, 0) is 37.1 Å². The van der Waals surface area contributed by atoms with E-state index in [9.17, 15) is 9.90 Å². The van der Waals surface area contributed by atoms with Crippen molar-refractivity contribution in [1.29, 1.82) is 0 Å². The third kappa shape index (κ3) is 3.98. The number of carbonyl (C=O) groups excluding carboxylic acids is 1. The zero-order valence-corrected chi connectivity index (χ0v) is 12.3. The lowest BCUT2D eigenvalue weighted by molar-refractivity contribution is 0.0546. The summed E-state index contributed by atoms with van der Waals surface area (Å²) in [5, 5.41) is 10.0. The van der Waals surface area contributed by atoms with Crippen LogP contribution in [0.3, 0.4) is 0 Å². The molecule has 1 saturated heterocycles. The fraction of sp³-hybridized carbons (Fsp3) is 0.533. The van der Waals surface area contributed by atoms with Crippen LogP contribution in [0.1, 0.15) is 37.0 Å². The molecule has 0 saturated carbocycles. The van der Waals surface area contributed by atoms with Crippen LogP contribution in [0.5, 0.6) is 0 Å². The molecule has 0 bridgehead atoms. The summed E-state index contributed by atoms with van der Waals surface area (Å²) in [7, 11) is 0. The SMILES string of the molecule is CC(C)Sc1ccc(C(=O)N2CCC(O)CC2)cc1. The fourth-order valence-corrected chi connectivity index (χ4v) is 3.04. The molecule has 1 fully saturated rings. The average Bonchev–Trinajstić information content (AvgIpc) is 2.39. The third-order valence-corrected chi connectivity index (χ3v) is 4.24. The van der Waals surface area contributed by atoms with Crippen LogP contribution in [0.25, 0.3) is 0 Å². The number of carbonyl (C=O) groups is 1. The molecule has 19 heavy (non-hydrogen) atoms. The van der Waals surface area contributed by atoms with Crippen LogP contribution in [-0.4, -0.2) is 40.4 Å². The van der Waals surface area contributed by atoms with Gasteiger partial charge in [0.15, 0.2) is 0 Å². The zero-order chi connectivity index (χ0) is 13.8. The summed E-state index contributed by atoms with van der Waals surface area (Å²) in [6.07, 6.45) is 1.13. The lowest BCUT2D eigenvalue weighted by Gasteiger charge is -2.29. The molecule has 1 aromatic carbocycles. The Hall–Kier alpha value is -1.00. The van der Waals surface area contributed by atoms with E-state index in [4.69, 9.17) is 0 Å². The van der Waals surface area contributed by atoms with Gasteiger partial charge in [0.25, 0.3) is 5.91 Å². The van der Waals surface area contributed by atoms with E-state index in [0.717, 1.165) is 5.56 Å². The number of likely N-dealkylation sites (tertiary alicyclic amines) is 1. The molecular weight excluding hydrogens is 258 g/mol. The number of aliphatic hydroxyl groups is 1. The number of hydrogen-bond acceptors (Lipinski definition) is 3. The summed E-state index contributed by atoms with van der Waals surface area (Å²) in [5.74, 6) is 0.0768. The van der Waals surface area contributed by atoms with Gasteiger partial charge in [0.05, 0.1) is 6.10 Å². The smallest absolute Gasteiger partial charge is 0.253 e. The monoisotopic (exact) mass is 279 g/mol. The molecule has 3 nitrogen and oxygen atoms in total. The van der Waals surface area contributed by atoms with Crippen molar-refractivity contribution in [2.24, 2.45) is 0 Å². The first-order chi connectivity index (χ1) is 9.06. The third-order valence-electron chi connectivity index (χ3n) is 3.22. The van der Waals surface area contributed by atoms with Crippen LogP contribution in [0, 0.1) is 0 Å². The summed E-state index contributed by atoms with van der Waals surface area (Å²) in [4.78, 5) is 15.3. The Labute approximate surface area is 119 Å². The van der Waals surface area contributed by atoms with E-state index in [1.807, 2.05) is 29.2 Å². The first kappa shape index (κ1) is 14.4. The number of hydrogen-bond donors (Lipinski definition) is 1.